The quantitative estimate of drug-likeness (QED) is 0.713. The second kappa shape index (κ2) is 5.39. The predicted molar refractivity (Wildman–Crippen MR) is 49.7 cm³/mol. The lowest BCUT2D eigenvalue weighted by Gasteiger charge is -2.11. The summed E-state index contributed by atoms with van der Waals surface area (Å²) in [5.74, 6) is -0.816. The number of nitrogens with zero attached hydrogens (tertiary/aromatic N) is 1. The van der Waals surface area contributed by atoms with E-state index in [0.29, 0.717) is 13.0 Å². The van der Waals surface area contributed by atoms with Gasteiger partial charge in [0.1, 0.15) is 12.3 Å². The van der Waals surface area contributed by atoms with Gasteiger partial charge in [0.15, 0.2) is 0 Å². The fourth-order valence-corrected chi connectivity index (χ4v) is 1.16. The predicted octanol–water partition coefficient (Wildman–Crippen LogP) is 1.02. The average Bonchev–Trinajstić information content (AvgIpc) is 2.64. The van der Waals surface area contributed by atoms with E-state index in [9.17, 15) is 4.79 Å². The minimum absolute atomic E-state index is 0.473. The second-order valence-corrected chi connectivity index (χ2v) is 3.09. The highest BCUT2D eigenvalue weighted by atomic mass is 16.5. The molecule has 0 spiro atoms. The Bertz CT molecular complexity index is 272. The highest BCUT2D eigenvalue weighted by molar-refractivity contribution is 5.73. The summed E-state index contributed by atoms with van der Waals surface area (Å²) in [5.41, 5.74) is 0.854. The zero-order chi connectivity index (χ0) is 10.4. The highest BCUT2D eigenvalue weighted by Crippen LogP contribution is 2.00. The Hall–Kier alpha value is -1.36. The summed E-state index contributed by atoms with van der Waals surface area (Å²) in [6, 6.07) is -0.491. The zero-order valence-electron chi connectivity index (χ0n) is 8.06. The number of hydrogen-bond acceptors (Lipinski definition) is 4. The van der Waals surface area contributed by atoms with Gasteiger partial charge in [-0.05, 0) is 6.42 Å². The van der Waals surface area contributed by atoms with Crippen molar-refractivity contribution in [2.75, 3.05) is 0 Å². The van der Waals surface area contributed by atoms with Gasteiger partial charge >= 0.3 is 5.97 Å². The first-order valence-electron chi connectivity index (χ1n) is 4.58. The van der Waals surface area contributed by atoms with E-state index in [0.717, 1.165) is 12.0 Å². The molecule has 0 radical (unpaired) electrons. The van der Waals surface area contributed by atoms with E-state index in [-0.39, 0.29) is 0 Å². The van der Waals surface area contributed by atoms with E-state index in [1.54, 1.807) is 6.20 Å². The van der Waals surface area contributed by atoms with Gasteiger partial charge < -0.3 is 14.9 Å². The van der Waals surface area contributed by atoms with E-state index in [1.807, 2.05) is 6.92 Å². The van der Waals surface area contributed by atoms with Gasteiger partial charge in [-0.1, -0.05) is 18.5 Å². The maximum atomic E-state index is 10.7. The molecule has 0 aliphatic rings. The summed E-state index contributed by atoms with van der Waals surface area (Å²) < 4.78 is 4.63. The molecule has 14 heavy (non-hydrogen) atoms. The lowest BCUT2D eigenvalue weighted by atomic mass is 10.1. The molecule has 0 saturated heterocycles. The van der Waals surface area contributed by atoms with Crippen LogP contribution in [0.15, 0.2) is 17.0 Å². The van der Waals surface area contributed by atoms with E-state index in [4.69, 9.17) is 5.11 Å². The van der Waals surface area contributed by atoms with E-state index in [2.05, 4.69) is 15.0 Å². The fourth-order valence-electron chi connectivity index (χ4n) is 1.16. The lowest BCUT2D eigenvalue weighted by molar-refractivity contribution is -0.139. The number of carboxylic acids is 1. The fraction of sp³-hybridized carbons (Fsp3) is 0.556. The molecule has 1 rings (SSSR count). The maximum absolute atomic E-state index is 10.7. The van der Waals surface area contributed by atoms with Crippen LogP contribution in [0.2, 0.25) is 0 Å². The molecule has 0 aliphatic carbocycles. The summed E-state index contributed by atoms with van der Waals surface area (Å²) in [6.07, 6.45) is 4.53. The number of aromatic nitrogens is 1. The van der Waals surface area contributed by atoms with Gasteiger partial charge in [-0.3, -0.25) is 4.79 Å². The van der Waals surface area contributed by atoms with Crippen LogP contribution in [0.1, 0.15) is 25.3 Å². The van der Waals surface area contributed by atoms with Gasteiger partial charge in [0.2, 0.25) is 0 Å². The van der Waals surface area contributed by atoms with Crippen LogP contribution < -0.4 is 5.32 Å². The third-order valence-electron chi connectivity index (χ3n) is 1.91. The van der Waals surface area contributed by atoms with Crippen LogP contribution in [0.4, 0.5) is 0 Å². The molecule has 1 heterocycles. The van der Waals surface area contributed by atoms with Gasteiger partial charge in [-0.2, -0.15) is 0 Å². The number of carboxylic acid groups (broad SMARTS) is 1. The van der Waals surface area contributed by atoms with Crippen LogP contribution in [0.5, 0.6) is 0 Å². The van der Waals surface area contributed by atoms with Crippen LogP contribution in [0.25, 0.3) is 0 Å². The monoisotopic (exact) mass is 198 g/mol. The highest BCUT2D eigenvalue weighted by Gasteiger charge is 2.15. The van der Waals surface area contributed by atoms with Gasteiger partial charge in [-0.15, -0.1) is 0 Å². The first kappa shape index (κ1) is 10.7. The van der Waals surface area contributed by atoms with Crippen LogP contribution >= 0.6 is 0 Å². The molecule has 1 atom stereocenters. The molecule has 2 N–H and O–H groups in total. The largest absolute Gasteiger partial charge is 0.480 e. The first-order chi connectivity index (χ1) is 6.74. The molecule has 0 bridgehead atoms. The number of hydrogen-bond donors (Lipinski definition) is 2. The molecule has 78 valence electrons. The van der Waals surface area contributed by atoms with Crippen molar-refractivity contribution in [1.82, 2.24) is 10.5 Å². The Labute approximate surface area is 82.1 Å². The van der Waals surface area contributed by atoms with Crippen molar-refractivity contribution in [1.29, 1.82) is 0 Å². The normalized spacial score (nSPS) is 12.6. The molecular weight excluding hydrogens is 184 g/mol. The van der Waals surface area contributed by atoms with Gasteiger partial charge in [0.05, 0.1) is 6.20 Å². The Morgan fingerprint density at radius 3 is 3.07 bits per heavy atom. The molecule has 1 unspecified atom stereocenters. The molecule has 1 aromatic heterocycles. The van der Waals surface area contributed by atoms with Gasteiger partial charge in [0.25, 0.3) is 0 Å². The zero-order valence-corrected chi connectivity index (χ0v) is 8.06. The topological polar surface area (TPSA) is 75.4 Å². The van der Waals surface area contributed by atoms with Crippen LogP contribution in [0, 0.1) is 0 Å². The molecule has 0 amide bonds. The molecule has 0 aromatic carbocycles. The van der Waals surface area contributed by atoms with Crippen molar-refractivity contribution in [2.24, 2.45) is 0 Å². The number of aliphatic carboxylic acids is 1. The number of rotatable bonds is 6. The van der Waals surface area contributed by atoms with E-state index < -0.39 is 12.0 Å². The molecule has 0 aliphatic heterocycles. The Morgan fingerprint density at radius 1 is 1.79 bits per heavy atom. The van der Waals surface area contributed by atoms with Gasteiger partial charge in [0, 0.05) is 12.1 Å². The third-order valence-corrected chi connectivity index (χ3v) is 1.91. The first-order valence-corrected chi connectivity index (χ1v) is 4.58. The maximum Gasteiger partial charge on any atom is 0.320 e. The minimum Gasteiger partial charge on any atom is -0.480 e. The summed E-state index contributed by atoms with van der Waals surface area (Å²) in [6.45, 7) is 2.43. The standard InChI is InChI=1S/C9H14N2O3/c1-2-3-8(9(12)13)10-4-7-5-11-14-6-7/h5-6,8,10H,2-4H2,1H3,(H,12,13). The van der Waals surface area contributed by atoms with Crippen molar-refractivity contribution in [2.45, 2.75) is 32.4 Å². The van der Waals surface area contributed by atoms with Crippen LogP contribution in [-0.2, 0) is 11.3 Å². The van der Waals surface area contributed by atoms with Gasteiger partial charge in [-0.25, -0.2) is 0 Å². The van der Waals surface area contributed by atoms with Crippen molar-refractivity contribution >= 4 is 5.97 Å². The molecular formula is C9H14N2O3. The molecule has 0 saturated carbocycles. The van der Waals surface area contributed by atoms with Crippen molar-refractivity contribution < 1.29 is 14.4 Å². The Balaban J connectivity index is 2.37. The van der Waals surface area contributed by atoms with Crippen molar-refractivity contribution in [3.05, 3.63) is 18.0 Å². The second-order valence-electron chi connectivity index (χ2n) is 3.09. The smallest absolute Gasteiger partial charge is 0.320 e. The van der Waals surface area contributed by atoms with E-state index >= 15 is 0 Å². The summed E-state index contributed by atoms with van der Waals surface area (Å²) >= 11 is 0. The minimum atomic E-state index is -0.816. The number of carbonyl (C=O) groups is 1. The summed E-state index contributed by atoms with van der Waals surface area (Å²) in [5, 5.41) is 15.3. The SMILES string of the molecule is CCCC(NCc1cnoc1)C(=O)O. The molecule has 5 nitrogen and oxygen atoms in total. The van der Waals surface area contributed by atoms with E-state index in [1.165, 1.54) is 6.26 Å². The van der Waals surface area contributed by atoms with Crippen molar-refractivity contribution in [3.63, 3.8) is 0 Å². The number of nitrogens with one attached hydrogen (secondary N) is 1. The Morgan fingerprint density at radius 2 is 2.57 bits per heavy atom. The third kappa shape index (κ3) is 3.18. The van der Waals surface area contributed by atoms with Crippen molar-refractivity contribution in [3.8, 4) is 0 Å². The van der Waals surface area contributed by atoms with Crippen LogP contribution in [-0.4, -0.2) is 22.3 Å². The molecule has 5 heteroatoms. The average molecular weight is 198 g/mol. The Kier molecular flexibility index (Phi) is 4.12. The summed E-state index contributed by atoms with van der Waals surface area (Å²) in [4.78, 5) is 10.7. The lowest BCUT2D eigenvalue weighted by Crippen LogP contribution is -2.35. The molecule has 1 aromatic rings. The summed E-state index contributed by atoms with van der Waals surface area (Å²) in [7, 11) is 0. The van der Waals surface area contributed by atoms with Crippen LogP contribution in [0.3, 0.4) is 0 Å². The molecule has 0 fully saturated rings.